The fraction of sp³-hybridized carbons (Fsp3) is 0.364. The van der Waals surface area contributed by atoms with Gasteiger partial charge in [-0.3, -0.25) is 4.79 Å². The Labute approximate surface area is 88.7 Å². The number of rotatable bonds is 3. The fourth-order valence-corrected chi connectivity index (χ4v) is 1.24. The lowest BCUT2D eigenvalue weighted by atomic mass is 10.0. The number of aliphatic hydroxyl groups excluding tert-OH is 1. The van der Waals surface area contributed by atoms with Crippen molar-refractivity contribution in [3.63, 3.8) is 0 Å². The van der Waals surface area contributed by atoms with Crippen LogP contribution in [0.2, 0.25) is 0 Å². The summed E-state index contributed by atoms with van der Waals surface area (Å²) in [5, 5.41) is 9.76. The first-order chi connectivity index (χ1) is 7.06. The van der Waals surface area contributed by atoms with E-state index < -0.39 is 18.1 Å². The van der Waals surface area contributed by atoms with Gasteiger partial charge in [0, 0.05) is 0 Å². The Kier molecular flexibility index (Phi) is 3.82. The number of hydrogen-bond acceptors (Lipinski definition) is 4. The zero-order valence-corrected chi connectivity index (χ0v) is 8.81. The highest BCUT2D eigenvalue weighted by atomic mass is 16.5. The summed E-state index contributed by atoms with van der Waals surface area (Å²) in [5.41, 5.74) is 7.21. The van der Waals surface area contributed by atoms with E-state index in [-0.39, 0.29) is 0 Å². The number of carbonyl (C=O) groups excluding carboxylic acids is 1. The molecule has 1 aromatic rings. The zero-order valence-electron chi connectivity index (χ0n) is 8.81. The second-order valence-corrected chi connectivity index (χ2v) is 3.40. The molecule has 0 aliphatic carbocycles. The molecule has 0 fully saturated rings. The second kappa shape index (κ2) is 4.91. The van der Waals surface area contributed by atoms with Crippen LogP contribution in [-0.4, -0.2) is 24.2 Å². The number of esters is 1. The van der Waals surface area contributed by atoms with Crippen LogP contribution in [0.15, 0.2) is 24.3 Å². The van der Waals surface area contributed by atoms with Crippen LogP contribution in [0.1, 0.15) is 17.2 Å². The van der Waals surface area contributed by atoms with Gasteiger partial charge >= 0.3 is 5.97 Å². The van der Waals surface area contributed by atoms with E-state index in [9.17, 15) is 9.90 Å². The number of methoxy groups -OCH3 is 1. The fourth-order valence-electron chi connectivity index (χ4n) is 1.24. The molecule has 0 aromatic heterocycles. The van der Waals surface area contributed by atoms with Gasteiger partial charge in [0.05, 0.1) is 7.11 Å². The van der Waals surface area contributed by atoms with E-state index >= 15 is 0 Å². The molecular weight excluding hydrogens is 194 g/mol. The maximum Gasteiger partial charge on any atom is 0.325 e. The van der Waals surface area contributed by atoms with Crippen molar-refractivity contribution in [3.05, 3.63) is 35.4 Å². The molecule has 1 aromatic carbocycles. The van der Waals surface area contributed by atoms with Gasteiger partial charge in [-0.1, -0.05) is 29.8 Å². The molecule has 0 amide bonds. The van der Waals surface area contributed by atoms with Crippen molar-refractivity contribution in [2.75, 3.05) is 7.11 Å². The molecule has 15 heavy (non-hydrogen) atoms. The van der Waals surface area contributed by atoms with Gasteiger partial charge < -0.3 is 15.6 Å². The van der Waals surface area contributed by atoms with E-state index in [0.29, 0.717) is 5.56 Å². The van der Waals surface area contributed by atoms with Gasteiger partial charge in [-0.25, -0.2) is 0 Å². The van der Waals surface area contributed by atoms with Crippen LogP contribution in [0.25, 0.3) is 0 Å². The molecule has 2 atom stereocenters. The van der Waals surface area contributed by atoms with Gasteiger partial charge in [0.15, 0.2) is 0 Å². The zero-order chi connectivity index (χ0) is 11.4. The predicted octanol–water partition coefficient (Wildman–Crippen LogP) is 0.529. The Bertz CT molecular complexity index is 334. The monoisotopic (exact) mass is 209 g/mol. The molecule has 0 saturated heterocycles. The summed E-state index contributed by atoms with van der Waals surface area (Å²) >= 11 is 0. The van der Waals surface area contributed by atoms with Crippen LogP contribution in [0, 0.1) is 6.92 Å². The summed E-state index contributed by atoms with van der Waals surface area (Å²) in [5.74, 6) is -0.622. The lowest BCUT2D eigenvalue weighted by Crippen LogP contribution is -2.37. The molecule has 0 unspecified atom stereocenters. The molecule has 4 heteroatoms. The molecule has 0 aliphatic heterocycles. The molecular formula is C11H15NO3. The van der Waals surface area contributed by atoms with Crippen molar-refractivity contribution in [1.29, 1.82) is 0 Å². The smallest absolute Gasteiger partial charge is 0.325 e. The molecule has 0 radical (unpaired) electrons. The molecule has 0 aliphatic rings. The number of benzene rings is 1. The van der Waals surface area contributed by atoms with Crippen molar-refractivity contribution in [3.8, 4) is 0 Å². The van der Waals surface area contributed by atoms with Crippen molar-refractivity contribution < 1.29 is 14.6 Å². The van der Waals surface area contributed by atoms with Gasteiger partial charge in [-0.15, -0.1) is 0 Å². The third-order valence-electron chi connectivity index (χ3n) is 2.23. The van der Waals surface area contributed by atoms with Crippen LogP contribution >= 0.6 is 0 Å². The molecule has 4 nitrogen and oxygen atoms in total. The highest BCUT2D eigenvalue weighted by Crippen LogP contribution is 2.16. The average molecular weight is 209 g/mol. The number of aliphatic hydroxyl groups is 1. The lowest BCUT2D eigenvalue weighted by molar-refractivity contribution is -0.145. The Hall–Kier alpha value is -1.39. The maximum absolute atomic E-state index is 11.1. The summed E-state index contributed by atoms with van der Waals surface area (Å²) in [6, 6.07) is 6.13. The number of aryl methyl sites for hydroxylation is 1. The summed E-state index contributed by atoms with van der Waals surface area (Å²) in [6.45, 7) is 1.94. The van der Waals surface area contributed by atoms with Crippen LogP contribution in [0.5, 0.6) is 0 Å². The minimum Gasteiger partial charge on any atom is -0.468 e. The first-order valence-electron chi connectivity index (χ1n) is 4.64. The van der Waals surface area contributed by atoms with Crippen LogP contribution in [0.3, 0.4) is 0 Å². The van der Waals surface area contributed by atoms with E-state index in [2.05, 4.69) is 4.74 Å². The number of carbonyl (C=O) groups is 1. The van der Waals surface area contributed by atoms with Crippen molar-refractivity contribution in [1.82, 2.24) is 0 Å². The molecule has 3 N–H and O–H groups in total. The van der Waals surface area contributed by atoms with Crippen molar-refractivity contribution >= 4 is 5.97 Å². The highest BCUT2D eigenvalue weighted by molar-refractivity contribution is 5.76. The van der Waals surface area contributed by atoms with E-state index in [1.54, 1.807) is 12.1 Å². The van der Waals surface area contributed by atoms with E-state index in [1.807, 2.05) is 19.1 Å². The molecule has 0 spiro atoms. The van der Waals surface area contributed by atoms with Gasteiger partial charge in [-0.2, -0.15) is 0 Å². The third kappa shape index (κ3) is 2.78. The second-order valence-electron chi connectivity index (χ2n) is 3.40. The van der Waals surface area contributed by atoms with Crippen molar-refractivity contribution in [2.24, 2.45) is 5.73 Å². The molecule has 0 saturated carbocycles. The standard InChI is InChI=1S/C11H15NO3/c1-7-3-5-8(6-4-7)10(13)9(12)11(14)15-2/h3-6,9-10,13H,12H2,1-2H3/t9-,10+/m0/s1. The molecule has 0 bridgehead atoms. The Balaban J connectivity index is 2.80. The van der Waals surface area contributed by atoms with Crippen LogP contribution < -0.4 is 5.73 Å². The Morgan fingerprint density at radius 2 is 1.93 bits per heavy atom. The third-order valence-corrected chi connectivity index (χ3v) is 2.23. The Morgan fingerprint density at radius 3 is 2.40 bits per heavy atom. The molecule has 1 rings (SSSR count). The lowest BCUT2D eigenvalue weighted by Gasteiger charge is -2.16. The van der Waals surface area contributed by atoms with Crippen LogP contribution in [-0.2, 0) is 9.53 Å². The maximum atomic E-state index is 11.1. The minimum atomic E-state index is -1.04. The number of hydrogen-bond donors (Lipinski definition) is 2. The summed E-state index contributed by atoms with van der Waals surface area (Å²) in [4.78, 5) is 11.1. The summed E-state index contributed by atoms with van der Waals surface area (Å²) in [7, 11) is 1.24. The van der Waals surface area contributed by atoms with Gasteiger partial charge in [-0.05, 0) is 12.5 Å². The Morgan fingerprint density at radius 1 is 1.40 bits per heavy atom. The summed E-state index contributed by atoms with van der Waals surface area (Å²) < 4.78 is 4.45. The number of nitrogens with two attached hydrogens (primary N) is 1. The largest absolute Gasteiger partial charge is 0.468 e. The average Bonchev–Trinajstić information content (AvgIpc) is 2.27. The molecule has 0 heterocycles. The minimum absolute atomic E-state index is 0.610. The van der Waals surface area contributed by atoms with Crippen LogP contribution in [0.4, 0.5) is 0 Å². The van der Waals surface area contributed by atoms with Crippen molar-refractivity contribution in [2.45, 2.75) is 19.1 Å². The van der Waals surface area contributed by atoms with E-state index in [4.69, 9.17) is 5.73 Å². The number of ether oxygens (including phenoxy) is 1. The quantitative estimate of drug-likeness (QED) is 0.712. The first kappa shape index (κ1) is 11.7. The van der Waals surface area contributed by atoms with Gasteiger partial charge in [0.1, 0.15) is 12.1 Å². The first-order valence-corrected chi connectivity index (χ1v) is 4.64. The predicted molar refractivity (Wildman–Crippen MR) is 56.1 cm³/mol. The topological polar surface area (TPSA) is 72.5 Å². The van der Waals surface area contributed by atoms with E-state index in [0.717, 1.165) is 5.56 Å². The highest BCUT2D eigenvalue weighted by Gasteiger charge is 2.24. The van der Waals surface area contributed by atoms with Gasteiger partial charge in [0.2, 0.25) is 0 Å². The molecule has 82 valence electrons. The van der Waals surface area contributed by atoms with E-state index in [1.165, 1.54) is 7.11 Å². The normalized spacial score (nSPS) is 14.4. The van der Waals surface area contributed by atoms with Gasteiger partial charge in [0.25, 0.3) is 0 Å². The SMILES string of the molecule is COC(=O)[C@@H](N)[C@H](O)c1ccc(C)cc1. The summed E-state index contributed by atoms with van der Waals surface area (Å²) in [6.07, 6.45) is -1.03.